The lowest BCUT2D eigenvalue weighted by Gasteiger charge is -2.03. The standard InChI is InChI=1S/C17H14N4O3S2/c1-11-3-2-4-13(7-11)22-8-15-19-20-17(23-15)26-10-14-18-16(24-21-14)12-5-6-25-9-12/h2-7,9H,8,10H2,1H3. The van der Waals surface area contributed by atoms with Crippen molar-refractivity contribution in [2.45, 2.75) is 24.5 Å². The second-order valence-corrected chi connectivity index (χ2v) is 7.09. The normalized spacial score (nSPS) is 11.0. The van der Waals surface area contributed by atoms with Gasteiger partial charge >= 0.3 is 0 Å². The van der Waals surface area contributed by atoms with Crippen molar-refractivity contribution in [3.05, 3.63) is 58.4 Å². The van der Waals surface area contributed by atoms with E-state index < -0.39 is 0 Å². The van der Waals surface area contributed by atoms with Gasteiger partial charge in [0.15, 0.2) is 12.4 Å². The van der Waals surface area contributed by atoms with Crippen molar-refractivity contribution in [3.63, 3.8) is 0 Å². The summed E-state index contributed by atoms with van der Waals surface area (Å²) in [7, 11) is 0. The Hall–Kier alpha value is -2.65. The van der Waals surface area contributed by atoms with Crippen LogP contribution in [-0.4, -0.2) is 20.3 Å². The van der Waals surface area contributed by atoms with Crippen LogP contribution in [0.3, 0.4) is 0 Å². The number of rotatable bonds is 7. The molecule has 0 spiro atoms. The molecular weight excluding hydrogens is 372 g/mol. The summed E-state index contributed by atoms with van der Waals surface area (Å²) in [5.41, 5.74) is 2.05. The van der Waals surface area contributed by atoms with Crippen molar-refractivity contribution >= 4 is 23.1 Å². The number of nitrogens with zero attached hydrogens (tertiary/aromatic N) is 4. The maximum atomic E-state index is 5.65. The van der Waals surface area contributed by atoms with E-state index in [9.17, 15) is 0 Å². The zero-order valence-corrected chi connectivity index (χ0v) is 15.4. The summed E-state index contributed by atoms with van der Waals surface area (Å²) < 4.78 is 16.5. The molecule has 132 valence electrons. The molecule has 0 atom stereocenters. The van der Waals surface area contributed by atoms with Crippen LogP contribution in [0.5, 0.6) is 5.75 Å². The summed E-state index contributed by atoms with van der Waals surface area (Å²) >= 11 is 2.93. The SMILES string of the molecule is Cc1cccc(OCc2nnc(SCc3noc(-c4ccsc4)n3)o2)c1. The van der Waals surface area contributed by atoms with Gasteiger partial charge < -0.3 is 13.7 Å². The molecule has 1 aromatic carbocycles. The molecule has 3 aromatic heterocycles. The first-order chi connectivity index (χ1) is 12.8. The Labute approximate surface area is 157 Å². The third-order valence-electron chi connectivity index (χ3n) is 3.36. The van der Waals surface area contributed by atoms with Gasteiger partial charge in [-0.05, 0) is 36.1 Å². The highest BCUT2D eigenvalue weighted by molar-refractivity contribution is 7.98. The summed E-state index contributed by atoms with van der Waals surface area (Å²) in [5, 5.41) is 16.3. The predicted octanol–water partition coefficient (Wildman–Crippen LogP) is 4.36. The van der Waals surface area contributed by atoms with E-state index in [0.29, 0.717) is 28.6 Å². The third kappa shape index (κ3) is 4.12. The largest absolute Gasteiger partial charge is 0.484 e. The molecule has 0 saturated carbocycles. The number of aromatic nitrogens is 4. The van der Waals surface area contributed by atoms with Crippen LogP contribution in [0.1, 0.15) is 17.3 Å². The van der Waals surface area contributed by atoms with Crippen molar-refractivity contribution in [1.29, 1.82) is 0 Å². The van der Waals surface area contributed by atoms with Crippen molar-refractivity contribution in [2.75, 3.05) is 0 Å². The van der Waals surface area contributed by atoms with Gasteiger partial charge in [-0.25, -0.2) is 0 Å². The molecule has 0 N–H and O–H groups in total. The predicted molar refractivity (Wildman–Crippen MR) is 97.0 cm³/mol. The molecule has 0 unspecified atom stereocenters. The minimum Gasteiger partial charge on any atom is -0.484 e. The van der Waals surface area contributed by atoms with Crippen LogP contribution >= 0.6 is 23.1 Å². The van der Waals surface area contributed by atoms with Crippen molar-refractivity contribution < 1.29 is 13.7 Å². The Morgan fingerprint density at radius 3 is 3.04 bits per heavy atom. The van der Waals surface area contributed by atoms with E-state index in [1.165, 1.54) is 11.8 Å². The van der Waals surface area contributed by atoms with E-state index in [0.717, 1.165) is 16.9 Å². The smallest absolute Gasteiger partial charge is 0.277 e. The first-order valence-corrected chi connectivity index (χ1v) is 9.69. The molecular formula is C17H14N4O3S2. The molecule has 0 aliphatic rings. The number of thiophene rings is 1. The van der Waals surface area contributed by atoms with Gasteiger partial charge in [-0.2, -0.15) is 16.3 Å². The monoisotopic (exact) mass is 386 g/mol. The van der Waals surface area contributed by atoms with Crippen LogP contribution in [0.4, 0.5) is 0 Å². The minimum absolute atomic E-state index is 0.224. The van der Waals surface area contributed by atoms with Crippen LogP contribution in [0.25, 0.3) is 11.5 Å². The van der Waals surface area contributed by atoms with Gasteiger partial charge in [0.05, 0.1) is 11.3 Å². The van der Waals surface area contributed by atoms with E-state index in [1.807, 2.05) is 48.0 Å². The lowest BCUT2D eigenvalue weighted by molar-refractivity contribution is 0.252. The third-order valence-corrected chi connectivity index (χ3v) is 4.86. The molecule has 7 nitrogen and oxygen atoms in total. The average molecular weight is 386 g/mol. The van der Waals surface area contributed by atoms with Crippen molar-refractivity contribution in [1.82, 2.24) is 20.3 Å². The Morgan fingerprint density at radius 1 is 1.23 bits per heavy atom. The number of hydrogen-bond donors (Lipinski definition) is 0. The fourth-order valence-electron chi connectivity index (χ4n) is 2.15. The molecule has 3 heterocycles. The lowest BCUT2D eigenvalue weighted by atomic mass is 10.2. The minimum atomic E-state index is 0.224. The van der Waals surface area contributed by atoms with Crippen LogP contribution in [0.2, 0.25) is 0 Å². The zero-order valence-electron chi connectivity index (χ0n) is 13.8. The average Bonchev–Trinajstić information content (AvgIpc) is 3.39. The molecule has 0 bridgehead atoms. The van der Waals surface area contributed by atoms with Crippen molar-refractivity contribution in [3.8, 4) is 17.2 Å². The van der Waals surface area contributed by atoms with E-state index >= 15 is 0 Å². The summed E-state index contributed by atoms with van der Waals surface area (Å²) in [5.74, 6) is 2.76. The first-order valence-electron chi connectivity index (χ1n) is 7.76. The summed E-state index contributed by atoms with van der Waals surface area (Å²) in [4.78, 5) is 4.35. The highest BCUT2D eigenvalue weighted by atomic mass is 32.2. The van der Waals surface area contributed by atoms with Gasteiger partial charge in [-0.15, -0.1) is 10.2 Å². The Bertz CT molecular complexity index is 981. The van der Waals surface area contributed by atoms with E-state index in [1.54, 1.807) is 11.3 Å². The fraction of sp³-hybridized carbons (Fsp3) is 0.176. The number of ether oxygens (including phenoxy) is 1. The Morgan fingerprint density at radius 2 is 2.19 bits per heavy atom. The van der Waals surface area contributed by atoms with Crippen LogP contribution in [0.15, 0.2) is 55.3 Å². The lowest BCUT2D eigenvalue weighted by Crippen LogP contribution is -1.95. The maximum Gasteiger partial charge on any atom is 0.277 e. The molecule has 0 amide bonds. The molecule has 0 aliphatic carbocycles. The second-order valence-electron chi connectivity index (χ2n) is 5.38. The molecule has 4 aromatic rings. The summed E-state index contributed by atoms with van der Waals surface area (Å²) in [6.07, 6.45) is 0. The zero-order chi connectivity index (χ0) is 17.8. The fourth-order valence-corrected chi connectivity index (χ4v) is 3.40. The van der Waals surface area contributed by atoms with Crippen LogP contribution < -0.4 is 4.74 Å². The van der Waals surface area contributed by atoms with Crippen LogP contribution in [0, 0.1) is 6.92 Å². The maximum absolute atomic E-state index is 5.65. The van der Waals surface area contributed by atoms with E-state index in [2.05, 4.69) is 20.3 Å². The molecule has 0 saturated heterocycles. The number of aryl methyl sites for hydroxylation is 1. The first kappa shape index (κ1) is 16.8. The molecule has 4 rings (SSSR count). The van der Waals surface area contributed by atoms with E-state index in [4.69, 9.17) is 13.7 Å². The van der Waals surface area contributed by atoms with Crippen molar-refractivity contribution in [2.24, 2.45) is 0 Å². The van der Waals surface area contributed by atoms with Gasteiger partial charge in [-0.3, -0.25) is 0 Å². The molecule has 9 heteroatoms. The van der Waals surface area contributed by atoms with E-state index in [-0.39, 0.29) is 6.61 Å². The number of thioether (sulfide) groups is 1. The molecule has 26 heavy (non-hydrogen) atoms. The van der Waals surface area contributed by atoms with Gasteiger partial charge in [-0.1, -0.05) is 29.1 Å². The summed E-state index contributed by atoms with van der Waals surface area (Å²) in [6.45, 7) is 2.23. The Kier molecular flexibility index (Phi) is 4.98. The molecule has 0 radical (unpaired) electrons. The second kappa shape index (κ2) is 7.71. The number of hydrogen-bond acceptors (Lipinski definition) is 9. The van der Waals surface area contributed by atoms with Gasteiger partial charge in [0.25, 0.3) is 17.0 Å². The highest BCUT2D eigenvalue weighted by Crippen LogP contribution is 2.24. The van der Waals surface area contributed by atoms with Crippen LogP contribution in [-0.2, 0) is 12.4 Å². The molecule has 0 fully saturated rings. The number of benzene rings is 1. The Balaban J connectivity index is 1.31. The van der Waals surface area contributed by atoms with Gasteiger partial charge in [0, 0.05) is 5.38 Å². The summed E-state index contributed by atoms with van der Waals surface area (Å²) in [6, 6.07) is 9.73. The van der Waals surface area contributed by atoms with Gasteiger partial charge in [0.2, 0.25) is 0 Å². The van der Waals surface area contributed by atoms with Gasteiger partial charge in [0.1, 0.15) is 5.75 Å². The highest BCUT2D eigenvalue weighted by Gasteiger charge is 2.12. The quantitative estimate of drug-likeness (QED) is 0.433. The topological polar surface area (TPSA) is 87.1 Å². The molecule has 0 aliphatic heterocycles.